The van der Waals surface area contributed by atoms with Crippen LogP contribution in [0.4, 0.5) is 5.13 Å². The number of thiazole rings is 1. The summed E-state index contributed by atoms with van der Waals surface area (Å²) in [5.41, 5.74) is 7.49. The van der Waals surface area contributed by atoms with Crippen LogP contribution in [0.2, 0.25) is 10.0 Å². The summed E-state index contributed by atoms with van der Waals surface area (Å²) in [5, 5.41) is 4.25. The average molecular weight is 498 g/mol. The molecule has 0 aliphatic carbocycles. The standard InChI is InChI=1S/C24H17Cl2N3O3S/c25-17-10-4-1-7-14(17)21-22(15-8-2-5-11-18(15)26)33-24(28-21)29-23(31)16-9-3-6-12-19(16)32-13-20(27)30/h1-12H,13H2,(H2,27,30)(H,28,29,31). The first-order valence-electron chi connectivity index (χ1n) is 9.76. The molecular weight excluding hydrogens is 481 g/mol. The summed E-state index contributed by atoms with van der Waals surface area (Å²) >= 11 is 14.2. The Hall–Kier alpha value is -3.39. The number of nitrogens with one attached hydrogen (secondary N) is 1. The van der Waals surface area contributed by atoms with Gasteiger partial charge in [-0.2, -0.15) is 0 Å². The zero-order chi connectivity index (χ0) is 23.4. The van der Waals surface area contributed by atoms with Gasteiger partial charge >= 0.3 is 0 Å². The van der Waals surface area contributed by atoms with E-state index in [1.807, 2.05) is 36.4 Å². The molecule has 1 aromatic heterocycles. The van der Waals surface area contributed by atoms with E-state index in [0.717, 1.165) is 16.0 Å². The summed E-state index contributed by atoms with van der Waals surface area (Å²) in [4.78, 5) is 29.5. The van der Waals surface area contributed by atoms with Crippen molar-refractivity contribution in [1.29, 1.82) is 0 Å². The zero-order valence-electron chi connectivity index (χ0n) is 17.0. The Morgan fingerprint density at radius 1 is 0.909 bits per heavy atom. The number of hydrogen-bond acceptors (Lipinski definition) is 5. The molecule has 0 unspecified atom stereocenters. The summed E-state index contributed by atoms with van der Waals surface area (Å²) in [6.07, 6.45) is 0. The molecule has 0 spiro atoms. The number of nitrogens with two attached hydrogens (primary N) is 1. The van der Waals surface area contributed by atoms with Crippen molar-refractivity contribution < 1.29 is 14.3 Å². The number of anilines is 1. The van der Waals surface area contributed by atoms with Crippen molar-refractivity contribution in [1.82, 2.24) is 4.98 Å². The van der Waals surface area contributed by atoms with Gasteiger partial charge < -0.3 is 10.5 Å². The highest BCUT2D eigenvalue weighted by molar-refractivity contribution is 7.19. The molecule has 1 heterocycles. The Morgan fingerprint density at radius 2 is 1.52 bits per heavy atom. The minimum Gasteiger partial charge on any atom is -0.483 e. The molecule has 0 aliphatic heterocycles. The van der Waals surface area contributed by atoms with Crippen LogP contribution < -0.4 is 15.8 Å². The molecule has 0 saturated heterocycles. The molecule has 0 radical (unpaired) electrons. The Kier molecular flexibility index (Phi) is 6.93. The molecule has 0 atom stereocenters. The van der Waals surface area contributed by atoms with Crippen molar-refractivity contribution >= 4 is 51.5 Å². The summed E-state index contributed by atoms with van der Waals surface area (Å²) in [6.45, 7) is -0.338. The molecule has 166 valence electrons. The lowest BCUT2D eigenvalue weighted by Gasteiger charge is -2.09. The molecule has 9 heteroatoms. The fraction of sp³-hybridized carbons (Fsp3) is 0.0417. The maximum atomic E-state index is 13.0. The third kappa shape index (κ3) is 5.17. The normalized spacial score (nSPS) is 10.6. The highest BCUT2D eigenvalue weighted by atomic mass is 35.5. The minimum atomic E-state index is -0.640. The number of aromatic nitrogens is 1. The molecule has 0 saturated carbocycles. The lowest BCUT2D eigenvalue weighted by atomic mass is 10.1. The minimum absolute atomic E-state index is 0.239. The van der Waals surface area contributed by atoms with Crippen LogP contribution in [0.25, 0.3) is 21.7 Å². The van der Waals surface area contributed by atoms with E-state index in [-0.39, 0.29) is 17.9 Å². The predicted molar refractivity (Wildman–Crippen MR) is 132 cm³/mol. The number of carbonyl (C=O) groups excluding carboxylic acids is 2. The molecule has 2 amide bonds. The molecule has 6 nitrogen and oxygen atoms in total. The average Bonchev–Trinajstić information content (AvgIpc) is 3.21. The van der Waals surface area contributed by atoms with Crippen LogP contribution in [0.5, 0.6) is 5.75 Å². The largest absolute Gasteiger partial charge is 0.483 e. The quantitative estimate of drug-likeness (QED) is 0.332. The van der Waals surface area contributed by atoms with Crippen LogP contribution in [-0.4, -0.2) is 23.4 Å². The fourth-order valence-corrected chi connectivity index (χ4v) is 4.66. The molecule has 0 fully saturated rings. The van der Waals surface area contributed by atoms with Crippen molar-refractivity contribution in [3.63, 3.8) is 0 Å². The van der Waals surface area contributed by atoms with Crippen LogP contribution in [0.3, 0.4) is 0 Å². The number of benzene rings is 3. The molecule has 4 aromatic rings. The van der Waals surface area contributed by atoms with Gasteiger partial charge in [-0.05, 0) is 24.3 Å². The number of ether oxygens (including phenoxy) is 1. The van der Waals surface area contributed by atoms with Crippen LogP contribution in [0.1, 0.15) is 10.4 Å². The van der Waals surface area contributed by atoms with Crippen molar-refractivity contribution in [2.75, 3.05) is 11.9 Å². The number of halogens is 2. The maximum absolute atomic E-state index is 13.0. The van der Waals surface area contributed by atoms with E-state index in [2.05, 4.69) is 10.3 Å². The number of hydrogen-bond donors (Lipinski definition) is 2. The SMILES string of the molecule is NC(=O)COc1ccccc1C(=O)Nc1nc(-c2ccccc2Cl)c(-c2ccccc2Cl)s1. The van der Waals surface area contributed by atoms with Gasteiger partial charge in [0.1, 0.15) is 5.75 Å². The number of para-hydroxylation sites is 1. The van der Waals surface area contributed by atoms with Gasteiger partial charge in [0, 0.05) is 16.1 Å². The van der Waals surface area contributed by atoms with Gasteiger partial charge in [-0.25, -0.2) is 4.98 Å². The van der Waals surface area contributed by atoms with Gasteiger partial charge in [-0.1, -0.05) is 83.1 Å². The molecule has 33 heavy (non-hydrogen) atoms. The molecule has 3 N–H and O–H groups in total. The maximum Gasteiger partial charge on any atom is 0.261 e. The smallest absolute Gasteiger partial charge is 0.261 e. The van der Waals surface area contributed by atoms with Gasteiger partial charge in [-0.3, -0.25) is 14.9 Å². The topological polar surface area (TPSA) is 94.3 Å². The van der Waals surface area contributed by atoms with Gasteiger partial charge in [0.15, 0.2) is 11.7 Å². The van der Waals surface area contributed by atoms with Crippen molar-refractivity contribution in [2.45, 2.75) is 0 Å². The van der Waals surface area contributed by atoms with Crippen LogP contribution in [-0.2, 0) is 4.79 Å². The van der Waals surface area contributed by atoms with E-state index >= 15 is 0 Å². The van der Waals surface area contributed by atoms with Crippen LogP contribution in [0.15, 0.2) is 72.8 Å². The Bertz CT molecular complexity index is 1280. The van der Waals surface area contributed by atoms with E-state index in [1.165, 1.54) is 11.3 Å². The van der Waals surface area contributed by atoms with E-state index in [4.69, 9.17) is 33.7 Å². The fourth-order valence-electron chi connectivity index (χ4n) is 3.13. The third-order valence-corrected chi connectivity index (χ3v) is 6.26. The van der Waals surface area contributed by atoms with Crippen molar-refractivity contribution in [3.8, 4) is 27.4 Å². The van der Waals surface area contributed by atoms with E-state index in [9.17, 15) is 9.59 Å². The summed E-state index contributed by atoms with van der Waals surface area (Å²) in [7, 11) is 0. The second-order valence-electron chi connectivity index (χ2n) is 6.86. The number of nitrogens with zero attached hydrogens (tertiary/aromatic N) is 1. The highest BCUT2D eigenvalue weighted by Crippen LogP contribution is 2.43. The summed E-state index contributed by atoms with van der Waals surface area (Å²) < 4.78 is 5.37. The van der Waals surface area contributed by atoms with E-state index in [0.29, 0.717) is 20.9 Å². The molecule has 0 bridgehead atoms. The predicted octanol–water partition coefficient (Wildman–Crippen LogP) is 5.90. The van der Waals surface area contributed by atoms with E-state index in [1.54, 1.807) is 36.4 Å². The second-order valence-corrected chi connectivity index (χ2v) is 8.68. The first-order valence-corrected chi connectivity index (χ1v) is 11.3. The molecule has 3 aromatic carbocycles. The number of carbonyl (C=O) groups is 2. The Balaban J connectivity index is 1.72. The molecule has 0 aliphatic rings. The first kappa shape index (κ1) is 22.8. The van der Waals surface area contributed by atoms with Crippen molar-refractivity contribution in [2.24, 2.45) is 5.73 Å². The lowest BCUT2D eigenvalue weighted by molar-refractivity contribution is -0.119. The van der Waals surface area contributed by atoms with Gasteiger partial charge in [0.2, 0.25) is 0 Å². The number of amides is 2. The number of primary amides is 1. The van der Waals surface area contributed by atoms with E-state index < -0.39 is 11.8 Å². The van der Waals surface area contributed by atoms with Gasteiger partial charge in [-0.15, -0.1) is 0 Å². The lowest BCUT2D eigenvalue weighted by Crippen LogP contribution is -2.21. The van der Waals surface area contributed by atoms with Crippen LogP contribution >= 0.6 is 34.5 Å². The second kappa shape index (κ2) is 10.0. The summed E-state index contributed by atoms with van der Waals surface area (Å²) in [6, 6.07) is 21.3. The zero-order valence-corrected chi connectivity index (χ0v) is 19.4. The Labute approximate surface area is 203 Å². The Morgan fingerprint density at radius 3 is 2.18 bits per heavy atom. The first-order chi connectivity index (χ1) is 15.9. The summed E-state index contributed by atoms with van der Waals surface area (Å²) in [5.74, 6) is -0.845. The van der Waals surface area contributed by atoms with Gasteiger partial charge in [0.05, 0.1) is 21.2 Å². The molecular formula is C24H17Cl2N3O3S. The molecule has 4 rings (SSSR count). The number of rotatable bonds is 7. The monoisotopic (exact) mass is 497 g/mol. The van der Waals surface area contributed by atoms with Crippen molar-refractivity contribution in [3.05, 3.63) is 88.4 Å². The highest BCUT2D eigenvalue weighted by Gasteiger charge is 2.21. The van der Waals surface area contributed by atoms with Gasteiger partial charge in [0.25, 0.3) is 11.8 Å². The van der Waals surface area contributed by atoms with Crippen LogP contribution in [0, 0.1) is 0 Å². The third-order valence-electron chi connectivity index (χ3n) is 4.60.